The first-order valence-corrected chi connectivity index (χ1v) is 3.75. The second kappa shape index (κ2) is 3.19. The molecule has 1 heterocycles. The fourth-order valence-electron chi connectivity index (χ4n) is 1.23. The van der Waals surface area contributed by atoms with E-state index in [1.54, 1.807) is 0 Å². The van der Waals surface area contributed by atoms with Gasteiger partial charge in [-0.15, -0.1) is 0 Å². The molecule has 64 valence electrons. The summed E-state index contributed by atoms with van der Waals surface area (Å²) < 4.78 is 5.16. The number of hydrogen-bond donors (Lipinski definition) is 2. The summed E-state index contributed by atoms with van der Waals surface area (Å²) in [7, 11) is 0. The maximum atomic E-state index is 10.4. The lowest BCUT2D eigenvalue weighted by molar-refractivity contribution is -0.149. The summed E-state index contributed by atoms with van der Waals surface area (Å²) in [6.07, 6.45) is 0.637. The zero-order chi connectivity index (χ0) is 8.43. The number of carbonyl (C=O) groups is 1. The van der Waals surface area contributed by atoms with Crippen molar-refractivity contribution in [3.63, 3.8) is 0 Å². The van der Waals surface area contributed by atoms with E-state index in [0.29, 0.717) is 6.42 Å². The van der Waals surface area contributed by atoms with Crippen LogP contribution in [-0.2, 0) is 9.53 Å². The van der Waals surface area contributed by atoms with Gasteiger partial charge in [-0.25, -0.2) is 4.79 Å². The molecule has 4 heteroatoms. The minimum atomic E-state index is -0.881. The van der Waals surface area contributed by atoms with Crippen LogP contribution in [0.4, 0.5) is 0 Å². The molecule has 0 aromatic heterocycles. The highest BCUT2D eigenvalue weighted by Crippen LogP contribution is 2.21. The Labute approximate surface area is 65.3 Å². The van der Waals surface area contributed by atoms with Crippen molar-refractivity contribution in [3.05, 3.63) is 0 Å². The first-order chi connectivity index (χ1) is 5.11. The van der Waals surface area contributed by atoms with E-state index in [1.807, 2.05) is 6.92 Å². The number of ether oxygens (including phenoxy) is 1. The second-order valence-corrected chi connectivity index (χ2v) is 2.94. The molecule has 0 saturated carbocycles. The topological polar surface area (TPSA) is 72.6 Å². The fraction of sp³-hybridized carbons (Fsp3) is 0.857. The minimum Gasteiger partial charge on any atom is -0.479 e. The predicted octanol–water partition coefficient (Wildman–Crippen LogP) is -0.0342. The van der Waals surface area contributed by atoms with Crippen LogP contribution in [0.2, 0.25) is 0 Å². The van der Waals surface area contributed by atoms with Crippen molar-refractivity contribution in [2.45, 2.75) is 38.0 Å². The summed E-state index contributed by atoms with van der Waals surface area (Å²) in [6, 6.07) is -0.0700. The van der Waals surface area contributed by atoms with Crippen LogP contribution >= 0.6 is 0 Å². The Morgan fingerprint density at radius 2 is 2.36 bits per heavy atom. The van der Waals surface area contributed by atoms with Crippen LogP contribution in [0.3, 0.4) is 0 Å². The summed E-state index contributed by atoms with van der Waals surface area (Å²) in [4.78, 5) is 10.4. The van der Waals surface area contributed by atoms with Gasteiger partial charge in [0.2, 0.25) is 0 Å². The van der Waals surface area contributed by atoms with Crippen LogP contribution in [0, 0.1) is 0 Å². The van der Waals surface area contributed by atoms with Crippen molar-refractivity contribution in [1.82, 2.24) is 0 Å². The Kier molecular flexibility index (Phi) is 2.46. The normalized spacial score (nSPS) is 33.6. The van der Waals surface area contributed by atoms with Gasteiger partial charge in [0.25, 0.3) is 0 Å². The summed E-state index contributed by atoms with van der Waals surface area (Å²) in [5, 5.41) is 8.55. The molecule has 1 saturated heterocycles. The highest BCUT2D eigenvalue weighted by Gasteiger charge is 2.31. The smallest absolute Gasteiger partial charge is 0.332 e. The van der Waals surface area contributed by atoms with Crippen molar-refractivity contribution in [2.24, 2.45) is 5.73 Å². The molecule has 11 heavy (non-hydrogen) atoms. The van der Waals surface area contributed by atoms with Crippen LogP contribution in [0.5, 0.6) is 0 Å². The average molecular weight is 159 g/mol. The lowest BCUT2D eigenvalue weighted by atomic mass is 10.1. The lowest BCUT2D eigenvalue weighted by Crippen LogP contribution is -2.32. The summed E-state index contributed by atoms with van der Waals surface area (Å²) >= 11 is 0. The average Bonchev–Trinajstić information content (AvgIpc) is 2.33. The Hall–Kier alpha value is -0.610. The molecule has 1 aliphatic heterocycles. The Morgan fingerprint density at radius 1 is 1.73 bits per heavy atom. The molecule has 0 aromatic carbocycles. The first-order valence-electron chi connectivity index (χ1n) is 3.75. The molecule has 0 aromatic rings. The maximum Gasteiger partial charge on any atom is 0.332 e. The fourth-order valence-corrected chi connectivity index (χ4v) is 1.23. The van der Waals surface area contributed by atoms with Crippen LogP contribution in [0.25, 0.3) is 0 Å². The lowest BCUT2D eigenvalue weighted by Gasteiger charge is -2.13. The maximum absolute atomic E-state index is 10.4. The van der Waals surface area contributed by atoms with Gasteiger partial charge in [-0.2, -0.15) is 0 Å². The first kappa shape index (κ1) is 8.49. The van der Waals surface area contributed by atoms with Gasteiger partial charge in [0, 0.05) is 6.04 Å². The van der Waals surface area contributed by atoms with E-state index < -0.39 is 12.1 Å². The van der Waals surface area contributed by atoms with E-state index >= 15 is 0 Å². The number of rotatable bonds is 2. The Morgan fingerprint density at radius 3 is 2.64 bits per heavy atom. The Bertz CT molecular complexity index is 158. The van der Waals surface area contributed by atoms with E-state index in [2.05, 4.69) is 0 Å². The summed E-state index contributed by atoms with van der Waals surface area (Å²) in [5.41, 5.74) is 5.54. The molecule has 0 bridgehead atoms. The van der Waals surface area contributed by atoms with Gasteiger partial charge in [0.05, 0.1) is 6.10 Å². The van der Waals surface area contributed by atoms with Crippen LogP contribution in [-0.4, -0.2) is 29.3 Å². The van der Waals surface area contributed by atoms with Crippen molar-refractivity contribution in [1.29, 1.82) is 0 Å². The molecule has 3 N–H and O–H groups in total. The highest BCUT2D eigenvalue weighted by molar-refractivity contribution is 5.72. The predicted molar refractivity (Wildman–Crippen MR) is 39.2 cm³/mol. The van der Waals surface area contributed by atoms with Gasteiger partial charge >= 0.3 is 5.97 Å². The Balaban J connectivity index is 2.41. The van der Waals surface area contributed by atoms with Crippen molar-refractivity contribution in [3.8, 4) is 0 Å². The van der Waals surface area contributed by atoms with E-state index in [4.69, 9.17) is 15.6 Å². The number of hydrogen-bond acceptors (Lipinski definition) is 3. The molecule has 0 radical (unpaired) electrons. The van der Waals surface area contributed by atoms with Gasteiger partial charge in [-0.3, -0.25) is 0 Å². The summed E-state index contributed by atoms with van der Waals surface area (Å²) in [5.74, 6) is -0.881. The number of carboxylic acids is 1. The number of carboxylic acid groups (broad SMARTS) is 1. The standard InChI is InChI=1S/C7H13NO3/c1-4(8)5-2-3-6(11-5)7(9)10/h4-6H,2-3,8H2,1H3,(H,9,10)/t4-,5-,6+/m0/s1. The quantitative estimate of drug-likeness (QED) is 0.593. The molecule has 0 unspecified atom stereocenters. The molecule has 0 amide bonds. The van der Waals surface area contributed by atoms with Gasteiger partial charge in [0.1, 0.15) is 0 Å². The molecular weight excluding hydrogens is 146 g/mol. The molecule has 0 aliphatic carbocycles. The van der Waals surface area contributed by atoms with E-state index in [9.17, 15) is 4.79 Å². The van der Waals surface area contributed by atoms with Crippen molar-refractivity contribution >= 4 is 5.97 Å². The van der Waals surface area contributed by atoms with Crippen LogP contribution in [0.15, 0.2) is 0 Å². The van der Waals surface area contributed by atoms with E-state index in [0.717, 1.165) is 6.42 Å². The highest BCUT2D eigenvalue weighted by atomic mass is 16.5. The molecular formula is C7H13NO3. The third-order valence-corrected chi connectivity index (χ3v) is 1.91. The second-order valence-electron chi connectivity index (χ2n) is 2.94. The molecule has 4 nitrogen and oxygen atoms in total. The number of nitrogens with two attached hydrogens (primary N) is 1. The monoisotopic (exact) mass is 159 g/mol. The molecule has 1 fully saturated rings. The SMILES string of the molecule is C[C@H](N)[C@@H]1CC[C@H](C(=O)O)O1. The van der Waals surface area contributed by atoms with Crippen molar-refractivity contribution in [2.75, 3.05) is 0 Å². The van der Waals surface area contributed by atoms with Gasteiger partial charge in [-0.05, 0) is 19.8 Å². The molecule has 1 rings (SSSR count). The zero-order valence-electron chi connectivity index (χ0n) is 6.49. The van der Waals surface area contributed by atoms with Gasteiger partial charge in [-0.1, -0.05) is 0 Å². The zero-order valence-corrected chi connectivity index (χ0v) is 6.49. The van der Waals surface area contributed by atoms with E-state index in [-0.39, 0.29) is 12.1 Å². The van der Waals surface area contributed by atoms with Crippen molar-refractivity contribution < 1.29 is 14.6 Å². The third kappa shape index (κ3) is 1.91. The van der Waals surface area contributed by atoms with Crippen LogP contribution in [0.1, 0.15) is 19.8 Å². The molecule has 1 aliphatic rings. The molecule has 0 spiro atoms. The van der Waals surface area contributed by atoms with E-state index in [1.165, 1.54) is 0 Å². The van der Waals surface area contributed by atoms with Crippen LogP contribution < -0.4 is 5.73 Å². The number of aliphatic carboxylic acids is 1. The largest absolute Gasteiger partial charge is 0.479 e. The van der Waals surface area contributed by atoms with Gasteiger partial charge in [0.15, 0.2) is 6.10 Å². The minimum absolute atomic E-state index is 0.0700. The summed E-state index contributed by atoms with van der Waals surface area (Å²) in [6.45, 7) is 1.83. The van der Waals surface area contributed by atoms with Gasteiger partial charge < -0.3 is 15.6 Å². The molecule has 3 atom stereocenters. The third-order valence-electron chi connectivity index (χ3n) is 1.91.